The van der Waals surface area contributed by atoms with Gasteiger partial charge in [0.2, 0.25) is 10.0 Å². The minimum Gasteiger partial charge on any atom is -0.317 e. The van der Waals surface area contributed by atoms with Gasteiger partial charge in [0.05, 0.1) is 5.75 Å². The lowest BCUT2D eigenvalue weighted by Gasteiger charge is -2.24. The smallest absolute Gasteiger partial charge is 0.211 e. The first-order chi connectivity index (χ1) is 8.46. The van der Waals surface area contributed by atoms with E-state index in [9.17, 15) is 8.42 Å². The molecular weight excluding hydrogens is 250 g/mol. The van der Waals surface area contributed by atoms with Gasteiger partial charge in [-0.05, 0) is 46.3 Å². The van der Waals surface area contributed by atoms with Gasteiger partial charge in [0.1, 0.15) is 0 Å². The van der Waals surface area contributed by atoms with Crippen LogP contribution in [0.25, 0.3) is 0 Å². The van der Waals surface area contributed by atoms with Gasteiger partial charge in [0, 0.05) is 18.6 Å². The van der Waals surface area contributed by atoms with E-state index in [2.05, 4.69) is 28.9 Å². The molecule has 1 fully saturated rings. The van der Waals surface area contributed by atoms with Crippen LogP contribution < -0.4 is 10.0 Å². The highest BCUT2D eigenvalue weighted by Gasteiger charge is 2.29. The lowest BCUT2D eigenvalue weighted by atomic mass is 10.3. The number of nitrogens with zero attached hydrogens (tertiary/aromatic N) is 1. The summed E-state index contributed by atoms with van der Waals surface area (Å²) in [6, 6.07) is 0.930. The highest BCUT2D eigenvalue weighted by Crippen LogP contribution is 2.26. The lowest BCUT2D eigenvalue weighted by Crippen LogP contribution is -2.41. The topological polar surface area (TPSA) is 61.4 Å². The van der Waals surface area contributed by atoms with Crippen molar-refractivity contribution < 1.29 is 8.42 Å². The molecule has 0 spiro atoms. The highest BCUT2D eigenvalue weighted by molar-refractivity contribution is 7.89. The third kappa shape index (κ3) is 6.13. The molecule has 0 aliphatic heterocycles. The lowest BCUT2D eigenvalue weighted by molar-refractivity contribution is 0.248. The summed E-state index contributed by atoms with van der Waals surface area (Å²) in [5.74, 6) is 0.208. The van der Waals surface area contributed by atoms with Crippen LogP contribution in [-0.4, -0.2) is 57.8 Å². The van der Waals surface area contributed by atoms with E-state index in [4.69, 9.17) is 0 Å². The SMILES string of the molecule is CCNCCCS(=O)(=O)NCC(C)N(C)C1CC1. The van der Waals surface area contributed by atoms with E-state index in [-0.39, 0.29) is 11.8 Å². The van der Waals surface area contributed by atoms with Gasteiger partial charge in [0.15, 0.2) is 0 Å². The Morgan fingerprint density at radius 3 is 2.61 bits per heavy atom. The van der Waals surface area contributed by atoms with Crippen molar-refractivity contribution in [3.05, 3.63) is 0 Å². The molecule has 0 bridgehead atoms. The van der Waals surface area contributed by atoms with E-state index >= 15 is 0 Å². The number of rotatable bonds is 10. The van der Waals surface area contributed by atoms with Crippen molar-refractivity contribution in [3.63, 3.8) is 0 Å². The Labute approximate surface area is 111 Å². The fourth-order valence-corrected chi connectivity index (χ4v) is 3.03. The molecule has 108 valence electrons. The summed E-state index contributed by atoms with van der Waals surface area (Å²) in [5.41, 5.74) is 0. The molecule has 0 aromatic rings. The number of sulfonamides is 1. The zero-order chi connectivity index (χ0) is 13.6. The van der Waals surface area contributed by atoms with Crippen molar-refractivity contribution in [2.45, 2.75) is 45.2 Å². The van der Waals surface area contributed by atoms with Crippen molar-refractivity contribution in [3.8, 4) is 0 Å². The fourth-order valence-electron chi connectivity index (χ4n) is 1.87. The summed E-state index contributed by atoms with van der Waals surface area (Å²) >= 11 is 0. The predicted octanol–water partition coefficient (Wildman–Crippen LogP) is 0.388. The number of nitrogens with one attached hydrogen (secondary N) is 2. The molecule has 5 nitrogen and oxygen atoms in total. The van der Waals surface area contributed by atoms with E-state index in [0.717, 1.165) is 13.1 Å². The molecule has 1 aliphatic rings. The number of likely N-dealkylation sites (N-methyl/N-ethyl adjacent to an activating group) is 1. The van der Waals surface area contributed by atoms with Crippen LogP contribution in [0.15, 0.2) is 0 Å². The van der Waals surface area contributed by atoms with Crippen LogP contribution >= 0.6 is 0 Å². The van der Waals surface area contributed by atoms with Crippen LogP contribution in [0, 0.1) is 0 Å². The summed E-state index contributed by atoms with van der Waals surface area (Å²) in [6.07, 6.45) is 3.16. The van der Waals surface area contributed by atoms with E-state index in [0.29, 0.717) is 19.0 Å². The Hall–Kier alpha value is -0.170. The van der Waals surface area contributed by atoms with Gasteiger partial charge in [-0.3, -0.25) is 4.90 Å². The Kier molecular flexibility index (Phi) is 6.55. The Morgan fingerprint density at radius 1 is 1.39 bits per heavy atom. The summed E-state index contributed by atoms with van der Waals surface area (Å²) in [5, 5.41) is 3.13. The molecule has 6 heteroatoms. The third-order valence-corrected chi connectivity index (χ3v) is 4.87. The standard InChI is InChI=1S/C12H27N3O2S/c1-4-13-8-5-9-18(16,17)14-10-11(2)15(3)12-6-7-12/h11-14H,4-10H2,1-3H3. The molecule has 18 heavy (non-hydrogen) atoms. The van der Waals surface area contributed by atoms with Crippen molar-refractivity contribution in [1.82, 2.24) is 14.9 Å². The fraction of sp³-hybridized carbons (Fsp3) is 1.00. The van der Waals surface area contributed by atoms with Crippen LogP contribution in [0.5, 0.6) is 0 Å². The first-order valence-corrected chi connectivity index (χ1v) is 8.51. The van der Waals surface area contributed by atoms with Crippen LogP contribution in [0.3, 0.4) is 0 Å². The monoisotopic (exact) mass is 277 g/mol. The van der Waals surface area contributed by atoms with Crippen LogP contribution in [0.2, 0.25) is 0 Å². The molecule has 0 amide bonds. The van der Waals surface area contributed by atoms with Crippen LogP contribution in [0.4, 0.5) is 0 Å². The van der Waals surface area contributed by atoms with Gasteiger partial charge < -0.3 is 5.32 Å². The van der Waals surface area contributed by atoms with Crippen molar-refractivity contribution in [1.29, 1.82) is 0 Å². The molecule has 0 radical (unpaired) electrons. The first kappa shape index (κ1) is 15.9. The van der Waals surface area contributed by atoms with Crippen molar-refractivity contribution in [2.24, 2.45) is 0 Å². The molecule has 1 atom stereocenters. The molecule has 1 saturated carbocycles. The number of hydrogen-bond acceptors (Lipinski definition) is 4. The average Bonchev–Trinajstić information content (AvgIpc) is 3.15. The molecule has 2 N–H and O–H groups in total. The summed E-state index contributed by atoms with van der Waals surface area (Å²) < 4.78 is 26.2. The van der Waals surface area contributed by atoms with Gasteiger partial charge in [-0.2, -0.15) is 0 Å². The second-order valence-corrected chi connectivity index (χ2v) is 7.05. The quantitative estimate of drug-likeness (QED) is 0.567. The van der Waals surface area contributed by atoms with Crippen LogP contribution in [-0.2, 0) is 10.0 Å². The minimum absolute atomic E-state index is 0.208. The van der Waals surface area contributed by atoms with Gasteiger partial charge in [0.25, 0.3) is 0 Å². The Balaban J connectivity index is 2.19. The second-order valence-electron chi connectivity index (χ2n) is 5.12. The summed E-state index contributed by atoms with van der Waals surface area (Å²) in [4.78, 5) is 2.27. The summed E-state index contributed by atoms with van der Waals surface area (Å²) in [6.45, 7) is 6.24. The Morgan fingerprint density at radius 2 is 2.06 bits per heavy atom. The average molecular weight is 277 g/mol. The molecule has 0 aromatic carbocycles. The van der Waals surface area contributed by atoms with Gasteiger partial charge >= 0.3 is 0 Å². The molecule has 1 rings (SSSR count). The maximum atomic E-state index is 11.7. The van der Waals surface area contributed by atoms with E-state index in [1.165, 1.54) is 12.8 Å². The van der Waals surface area contributed by atoms with Crippen LogP contribution in [0.1, 0.15) is 33.1 Å². The second kappa shape index (κ2) is 7.43. The van der Waals surface area contributed by atoms with Crippen molar-refractivity contribution in [2.75, 3.05) is 32.4 Å². The molecule has 1 unspecified atom stereocenters. The molecular formula is C12H27N3O2S. The summed E-state index contributed by atoms with van der Waals surface area (Å²) in [7, 11) is -1.04. The van der Waals surface area contributed by atoms with E-state index < -0.39 is 10.0 Å². The van der Waals surface area contributed by atoms with Gasteiger partial charge in [-0.1, -0.05) is 6.92 Å². The first-order valence-electron chi connectivity index (χ1n) is 6.86. The largest absolute Gasteiger partial charge is 0.317 e. The number of hydrogen-bond donors (Lipinski definition) is 2. The zero-order valence-electron chi connectivity index (χ0n) is 11.8. The maximum absolute atomic E-state index is 11.7. The maximum Gasteiger partial charge on any atom is 0.211 e. The molecule has 0 saturated heterocycles. The normalized spacial score (nSPS) is 18.2. The van der Waals surface area contributed by atoms with Crippen molar-refractivity contribution >= 4 is 10.0 Å². The highest BCUT2D eigenvalue weighted by atomic mass is 32.2. The predicted molar refractivity (Wildman–Crippen MR) is 75.2 cm³/mol. The van der Waals surface area contributed by atoms with E-state index in [1.54, 1.807) is 0 Å². The molecule has 1 aliphatic carbocycles. The Bertz CT molecular complexity index is 328. The third-order valence-electron chi connectivity index (χ3n) is 3.43. The molecule has 0 aromatic heterocycles. The van der Waals surface area contributed by atoms with E-state index in [1.807, 2.05) is 6.92 Å². The minimum atomic E-state index is -3.11. The van der Waals surface area contributed by atoms with Gasteiger partial charge in [-0.15, -0.1) is 0 Å². The zero-order valence-corrected chi connectivity index (χ0v) is 12.6. The molecule has 0 heterocycles. The van der Waals surface area contributed by atoms with Gasteiger partial charge in [-0.25, -0.2) is 13.1 Å².